The van der Waals surface area contributed by atoms with E-state index in [1.807, 2.05) is 42.5 Å². The van der Waals surface area contributed by atoms with Gasteiger partial charge in [-0.15, -0.1) is 0 Å². The van der Waals surface area contributed by atoms with Crippen LogP contribution in [-0.2, 0) is 29.0 Å². The van der Waals surface area contributed by atoms with E-state index >= 15 is 0 Å². The van der Waals surface area contributed by atoms with Gasteiger partial charge in [0.25, 0.3) is 5.88 Å². The number of ketones is 1. The molecule has 0 spiro atoms. The minimum Gasteiger partial charge on any atom is -0.497 e. The molecule has 0 aliphatic heterocycles. The van der Waals surface area contributed by atoms with Gasteiger partial charge in [0.2, 0.25) is 5.91 Å². The van der Waals surface area contributed by atoms with Crippen LogP contribution in [0.15, 0.2) is 89.5 Å². The quantitative estimate of drug-likeness (QED) is 0.253. The smallest absolute Gasteiger partial charge is 0.254 e. The highest BCUT2D eigenvalue weighted by Crippen LogP contribution is 2.21. The zero-order valence-corrected chi connectivity index (χ0v) is 23.8. The van der Waals surface area contributed by atoms with Crippen LogP contribution in [0.4, 0.5) is 0 Å². The molecule has 0 radical (unpaired) electrons. The van der Waals surface area contributed by atoms with Crippen LogP contribution < -0.4 is 20.0 Å². The summed E-state index contributed by atoms with van der Waals surface area (Å²) in [4.78, 5) is 26.5. The van der Waals surface area contributed by atoms with Crippen molar-refractivity contribution in [2.24, 2.45) is 0 Å². The first-order chi connectivity index (χ1) is 18.7. The highest BCUT2D eigenvalue weighted by atomic mass is 28.3. The summed E-state index contributed by atoms with van der Waals surface area (Å²) in [6, 6.07) is 25.8. The van der Waals surface area contributed by atoms with Gasteiger partial charge >= 0.3 is 0 Å². The summed E-state index contributed by atoms with van der Waals surface area (Å²) in [5.74, 6) is 0.843. The summed E-state index contributed by atoms with van der Waals surface area (Å²) < 4.78 is 16.2. The number of nitrogens with one attached hydrogen (secondary N) is 1. The minimum atomic E-state index is -1.44. The summed E-state index contributed by atoms with van der Waals surface area (Å²) in [6.45, 7) is 7.20. The largest absolute Gasteiger partial charge is 0.497 e. The number of hydrogen-bond donors (Lipinski definition) is 1. The second kappa shape index (κ2) is 12.6. The molecule has 0 aliphatic carbocycles. The molecule has 0 aliphatic rings. The van der Waals surface area contributed by atoms with Gasteiger partial charge in [0.05, 0.1) is 21.6 Å². The molecule has 3 aromatic carbocycles. The molecule has 0 fully saturated rings. The van der Waals surface area contributed by atoms with Gasteiger partial charge in [-0.1, -0.05) is 91.6 Å². The number of nitrogens with zero attached hydrogens (tertiary/aromatic N) is 1. The lowest BCUT2D eigenvalue weighted by molar-refractivity contribution is -0.127. The van der Waals surface area contributed by atoms with Crippen molar-refractivity contribution >= 4 is 25.0 Å². The minimum absolute atomic E-state index is 0.0768. The molecule has 1 N–H and O–H groups in total. The zero-order valence-electron chi connectivity index (χ0n) is 22.8. The zero-order chi connectivity index (χ0) is 27.8. The molecular formula is C31H34N2O5Si. The van der Waals surface area contributed by atoms with Gasteiger partial charge in [-0.05, 0) is 34.0 Å². The van der Waals surface area contributed by atoms with Crippen LogP contribution in [0.25, 0.3) is 0 Å². The average Bonchev–Trinajstić information content (AvgIpc) is 3.38. The van der Waals surface area contributed by atoms with Crippen molar-refractivity contribution in [3.8, 4) is 11.6 Å². The third kappa shape index (κ3) is 7.91. The number of ether oxygens (including phenoxy) is 2. The maximum Gasteiger partial charge on any atom is 0.254 e. The van der Waals surface area contributed by atoms with E-state index in [0.29, 0.717) is 29.6 Å². The highest BCUT2D eigenvalue weighted by molar-refractivity contribution is 6.88. The summed E-state index contributed by atoms with van der Waals surface area (Å²) in [5.41, 5.74) is 2.58. The fraction of sp³-hybridized carbons (Fsp3) is 0.258. The van der Waals surface area contributed by atoms with Crippen molar-refractivity contribution in [3.63, 3.8) is 0 Å². The maximum atomic E-state index is 13.5. The summed E-state index contributed by atoms with van der Waals surface area (Å²) in [6.07, 6.45) is 0.120. The molecule has 4 aromatic rings. The van der Waals surface area contributed by atoms with Gasteiger partial charge in [0.15, 0.2) is 5.78 Å². The molecule has 1 aromatic heterocycles. The third-order valence-electron chi connectivity index (χ3n) is 6.38. The second-order valence-corrected chi connectivity index (χ2v) is 15.5. The third-order valence-corrected chi connectivity index (χ3v) is 8.44. The molecule has 8 heteroatoms. The monoisotopic (exact) mass is 542 g/mol. The van der Waals surface area contributed by atoms with Crippen LogP contribution in [0.2, 0.25) is 19.6 Å². The summed E-state index contributed by atoms with van der Waals surface area (Å²) >= 11 is 0. The maximum absolute atomic E-state index is 13.5. The molecule has 1 amide bonds. The number of benzene rings is 3. The average molecular weight is 543 g/mol. The fourth-order valence-electron chi connectivity index (χ4n) is 4.12. The lowest BCUT2D eigenvalue weighted by atomic mass is 9.97. The van der Waals surface area contributed by atoms with E-state index in [0.717, 1.165) is 11.1 Å². The first kappa shape index (κ1) is 27.9. The Balaban J connectivity index is 1.43. The predicted molar refractivity (Wildman–Crippen MR) is 153 cm³/mol. The van der Waals surface area contributed by atoms with Crippen molar-refractivity contribution in [1.82, 2.24) is 10.5 Å². The Morgan fingerprint density at radius 2 is 1.59 bits per heavy atom. The lowest BCUT2D eigenvalue weighted by Crippen LogP contribution is -2.37. The van der Waals surface area contributed by atoms with E-state index in [4.69, 9.17) is 14.0 Å². The lowest BCUT2D eigenvalue weighted by Gasteiger charge is -2.19. The number of Topliss-reactive ketones (excluding diaryl/α,β-unsaturated/α-hetero) is 1. The summed E-state index contributed by atoms with van der Waals surface area (Å²) in [5, 5.41) is 8.12. The number of aromatic nitrogens is 1. The number of carbonyl (C=O) groups is 2. The Morgan fingerprint density at radius 3 is 2.23 bits per heavy atom. The molecule has 0 bridgehead atoms. The van der Waals surface area contributed by atoms with E-state index in [1.54, 1.807) is 37.4 Å². The van der Waals surface area contributed by atoms with Crippen LogP contribution in [0.1, 0.15) is 28.5 Å². The van der Waals surface area contributed by atoms with Crippen LogP contribution in [0.5, 0.6) is 11.6 Å². The molecule has 4 rings (SSSR count). The van der Waals surface area contributed by atoms with Crippen molar-refractivity contribution in [2.45, 2.75) is 45.1 Å². The van der Waals surface area contributed by atoms with Crippen molar-refractivity contribution < 1.29 is 23.6 Å². The SMILES string of the molecule is COc1ccc(C(NC(=O)Cc2cc(OCc3ccccc3)no2)C(=O)Cc2ccc([Si](C)(C)C)cc2)cc1. The Kier molecular flexibility index (Phi) is 8.98. The van der Waals surface area contributed by atoms with Crippen LogP contribution in [-0.4, -0.2) is 32.0 Å². The van der Waals surface area contributed by atoms with Crippen molar-refractivity contribution in [1.29, 1.82) is 0 Å². The Labute approximate surface area is 230 Å². The van der Waals surface area contributed by atoms with E-state index in [9.17, 15) is 9.59 Å². The Morgan fingerprint density at radius 1 is 0.897 bits per heavy atom. The molecule has 7 nitrogen and oxygen atoms in total. The molecule has 1 unspecified atom stereocenters. The van der Waals surface area contributed by atoms with E-state index in [-0.39, 0.29) is 24.5 Å². The number of methoxy groups -OCH3 is 1. The molecule has 202 valence electrons. The normalized spacial score (nSPS) is 12.0. The predicted octanol–water partition coefficient (Wildman–Crippen LogP) is 5.02. The first-order valence-corrected chi connectivity index (χ1v) is 16.4. The molecular weight excluding hydrogens is 508 g/mol. The van der Waals surface area contributed by atoms with Crippen LogP contribution >= 0.6 is 0 Å². The van der Waals surface area contributed by atoms with E-state index < -0.39 is 14.1 Å². The molecule has 0 saturated heterocycles. The van der Waals surface area contributed by atoms with E-state index in [1.165, 1.54) is 5.19 Å². The number of carbonyl (C=O) groups excluding carboxylic acids is 2. The number of hydrogen-bond acceptors (Lipinski definition) is 6. The second-order valence-electron chi connectivity index (χ2n) is 10.4. The Hall–Kier alpha value is -4.17. The molecule has 1 atom stereocenters. The molecule has 0 saturated carbocycles. The van der Waals surface area contributed by atoms with Gasteiger partial charge in [0.1, 0.15) is 24.2 Å². The van der Waals surface area contributed by atoms with Gasteiger partial charge in [-0.2, -0.15) is 0 Å². The van der Waals surface area contributed by atoms with Crippen LogP contribution in [0.3, 0.4) is 0 Å². The number of amides is 1. The Bertz CT molecular complexity index is 1380. The fourth-order valence-corrected chi connectivity index (χ4v) is 5.29. The standard InChI is InChI=1S/C31H34N2O5Si/c1-36-25-14-12-24(13-15-25)31(28(34)18-22-10-16-27(17-11-22)39(2,3)4)32-29(35)19-26-20-30(33-38-26)37-21-23-8-6-5-7-9-23/h5-17,20,31H,18-19,21H2,1-4H3,(H,32,35). The van der Waals surface area contributed by atoms with Gasteiger partial charge in [-0.3, -0.25) is 9.59 Å². The molecule has 39 heavy (non-hydrogen) atoms. The molecule has 1 heterocycles. The summed E-state index contributed by atoms with van der Waals surface area (Å²) in [7, 11) is 0.146. The first-order valence-electron chi connectivity index (χ1n) is 12.9. The van der Waals surface area contributed by atoms with Gasteiger partial charge in [-0.25, -0.2) is 0 Å². The number of rotatable bonds is 12. The van der Waals surface area contributed by atoms with Crippen molar-refractivity contribution in [3.05, 3.63) is 107 Å². The van der Waals surface area contributed by atoms with Gasteiger partial charge in [0, 0.05) is 12.5 Å². The van der Waals surface area contributed by atoms with Gasteiger partial charge < -0.3 is 19.3 Å². The van der Waals surface area contributed by atoms with E-state index in [2.05, 4.69) is 42.2 Å². The van der Waals surface area contributed by atoms with Crippen LogP contribution in [0, 0.1) is 0 Å². The topological polar surface area (TPSA) is 90.7 Å². The van der Waals surface area contributed by atoms with Crippen molar-refractivity contribution in [2.75, 3.05) is 7.11 Å². The highest BCUT2D eigenvalue weighted by Gasteiger charge is 2.24.